The van der Waals surface area contributed by atoms with Gasteiger partial charge in [0.05, 0.1) is 21.7 Å². The molecule has 3 rings (SSSR count). The predicted octanol–water partition coefficient (Wildman–Crippen LogP) is 0.997. The molecule has 2 aliphatic heterocycles. The summed E-state index contributed by atoms with van der Waals surface area (Å²) in [5.74, 6) is -0.0279. The Kier molecular flexibility index (Phi) is 5.50. The summed E-state index contributed by atoms with van der Waals surface area (Å²) in [5.41, 5.74) is 1.07. The lowest BCUT2D eigenvalue weighted by molar-refractivity contribution is 0.122. The first-order valence-corrected chi connectivity index (χ1v) is 12.4. The van der Waals surface area contributed by atoms with Crippen molar-refractivity contribution in [1.29, 1.82) is 0 Å². The van der Waals surface area contributed by atoms with E-state index in [-0.39, 0.29) is 16.4 Å². The molecule has 6 nitrogen and oxygen atoms in total. The first kappa shape index (κ1) is 19.8. The zero-order chi connectivity index (χ0) is 19.1. The molecular formula is C18H28N2O4S2. The Morgan fingerprint density at radius 1 is 1.00 bits per heavy atom. The molecular weight excluding hydrogens is 372 g/mol. The molecule has 0 amide bonds. The van der Waals surface area contributed by atoms with E-state index in [1.165, 1.54) is 0 Å². The van der Waals surface area contributed by atoms with Gasteiger partial charge in [-0.3, -0.25) is 4.90 Å². The summed E-state index contributed by atoms with van der Waals surface area (Å²) < 4.78 is 51.0. The van der Waals surface area contributed by atoms with Gasteiger partial charge in [-0.25, -0.2) is 16.8 Å². The van der Waals surface area contributed by atoms with Crippen molar-refractivity contribution in [2.45, 2.75) is 36.0 Å². The third-order valence-corrected chi connectivity index (χ3v) is 9.69. The van der Waals surface area contributed by atoms with Crippen molar-refractivity contribution in [2.24, 2.45) is 0 Å². The average Bonchev–Trinajstić information content (AvgIpc) is 2.92. The van der Waals surface area contributed by atoms with Crippen LogP contribution in [-0.2, 0) is 19.7 Å². The summed E-state index contributed by atoms with van der Waals surface area (Å²) in [5, 5.41) is -0.888. The van der Waals surface area contributed by atoms with Gasteiger partial charge in [-0.15, -0.1) is 0 Å². The molecule has 2 saturated heterocycles. The molecule has 0 saturated carbocycles. The lowest BCUT2D eigenvalue weighted by atomic mass is 10.0. The second-order valence-corrected chi connectivity index (χ2v) is 12.1. The highest BCUT2D eigenvalue weighted by Crippen LogP contribution is 2.30. The van der Waals surface area contributed by atoms with Crippen molar-refractivity contribution in [3.05, 3.63) is 29.8 Å². The molecule has 0 bridgehead atoms. The molecule has 0 unspecified atom stereocenters. The molecule has 2 heterocycles. The number of rotatable bonds is 4. The fraction of sp³-hybridized carbons (Fsp3) is 0.667. The molecule has 0 N–H and O–H groups in total. The summed E-state index contributed by atoms with van der Waals surface area (Å²) in [6.45, 7) is 7.16. The highest BCUT2D eigenvalue weighted by molar-refractivity contribution is 7.96. The molecule has 0 aliphatic carbocycles. The summed E-state index contributed by atoms with van der Waals surface area (Å²) >= 11 is 0. The Hall–Kier alpha value is -0.960. The molecule has 2 atom stereocenters. The van der Waals surface area contributed by atoms with E-state index in [1.54, 1.807) is 12.1 Å². The molecule has 2 aliphatic rings. The van der Waals surface area contributed by atoms with E-state index >= 15 is 0 Å². The van der Waals surface area contributed by atoms with Crippen LogP contribution in [0, 0.1) is 0 Å². The zero-order valence-corrected chi connectivity index (χ0v) is 17.3. The van der Waals surface area contributed by atoms with E-state index in [0.29, 0.717) is 19.0 Å². The van der Waals surface area contributed by atoms with Gasteiger partial charge in [-0.1, -0.05) is 26.0 Å². The van der Waals surface area contributed by atoms with Crippen molar-refractivity contribution in [1.82, 2.24) is 9.80 Å². The smallest absolute Gasteiger partial charge is 0.183 e. The number of nitrogens with zero attached hydrogens (tertiary/aromatic N) is 2. The normalized spacial score (nSPS) is 27.8. The fourth-order valence-electron chi connectivity index (χ4n) is 3.80. The van der Waals surface area contributed by atoms with E-state index in [0.717, 1.165) is 18.7 Å². The number of piperazine rings is 1. The minimum atomic E-state index is -3.70. The summed E-state index contributed by atoms with van der Waals surface area (Å²) in [7, 11) is -5.03. The third kappa shape index (κ3) is 3.98. The number of sulfone groups is 2. The predicted molar refractivity (Wildman–Crippen MR) is 103 cm³/mol. The molecule has 0 spiro atoms. The Morgan fingerprint density at radius 2 is 1.58 bits per heavy atom. The van der Waals surface area contributed by atoms with E-state index in [9.17, 15) is 16.8 Å². The Morgan fingerprint density at radius 3 is 2.12 bits per heavy atom. The molecule has 2 fully saturated rings. The van der Waals surface area contributed by atoms with Gasteiger partial charge in [0.2, 0.25) is 0 Å². The standard InChI is InChI=1S/C18H28N2O4S2/c1-14(2)15-4-6-16(7-5-15)26(23,24)18-13-25(21,22)12-17(18)20-10-8-19(3)9-11-20/h4-7,14,17-18H,8-13H2,1-3H3/t17-,18-/m0/s1. The van der Waals surface area contributed by atoms with Gasteiger partial charge in [-0.05, 0) is 30.7 Å². The highest BCUT2D eigenvalue weighted by Gasteiger charge is 2.48. The molecule has 0 aromatic heterocycles. The van der Waals surface area contributed by atoms with E-state index < -0.39 is 31.0 Å². The fourth-order valence-corrected chi connectivity index (χ4v) is 8.63. The molecule has 26 heavy (non-hydrogen) atoms. The quantitative estimate of drug-likeness (QED) is 0.751. The molecule has 1 aromatic carbocycles. The molecule has 8 heteroatoms. The number of benzene rings is 1. The monoisotopic (exact) mass is 400 g/mol. The van der Waals surface area contributed by atoms with Crippen LogP contribution in [0.3, 0.4) is 0 Å². The van der Waals surface area contributed by atoms with Gasteiger partial charge in [0.1, 0.15) is 0 Å². The van der Waals surface area contributed by atoms with Gasteiger partial charge in [0.25, 0.3) is 0 Å². The van der Waals surface area contributed by atoms with Crippen molar-refractivity contribution in [3.63, 3.8) is 0 Å². The Balaban J connectivity index is 1.90. The van der Waals surface area contributed by atoms with E-state index in [4.69, 9.17) is 0 Å². The van der Waals surface area contributed by atoms with Crippen LogP contribution in [0.15, 0.2) is 29.2 Å². The van der Waals surface area contributed by atoms with Crippen LogP contribution in [0.25, 0.3) is 0 Å². The Bertz CT molecular complexity index is 840. The van der Waals surface area contributed by atoms with Gasteiger partial charge in [0.15, 0.2) is 19.7 Å². The largest absolute Gasteiger partial charge is 0.304 e. The van der Waals surface area contributed by atoms with Gasteiger partial charge < -0.3 is 4.90 Å². The van der Waals surface area contributed by atoms with Gasteiger partial charge in [0, 0.05) is 32.2 Å². The SMILES string of the molecule is CC(C)c1ccc(S(=O)(=O)[C@H]2CS(=O)(=O)C[C@@H]2N2CCN(C)CC2)cc1. The van der Waals surface area contributed by atoms with Crippen molar-refractivity contribution >= 4 is 19.7 Å². The maximum Gasteiger partial charge on any atom is 0.183 e. The van der Waals surface area contributed by atoms with Crippen LogP contribution >= 0.6 is 0 Å². The van der Waals surface area contributed by atoms with Crippen LogP contribution in [0.4, 0.5) is 0 Å². The Labute approximate surface area is 157 Å². The average molecular weight is 401 g/mol. The summed E-state index contributed by atoms with van der Waals surface area (Å²) in [6, 6.07) is 6.44. The maximum atomic E-state index is 13.2. The number of hydrogen-bond donors (Lipinski definition) is 0. The zero-order valence-electron chi connectivity index (χ0n) is 15.6. The second-order valence-electron chi connectivity index (χ2n) is 7.79. The first-order chi connectivity index (χ1) is 12.1. The van der Waals surface area contributed by atoms with Crippen molar-refractivity contribution in [3.8, 4) is 0 Å². The van der Waals surface area contributed by atoms with E-state index in [1.807, 2.05) is 19.2 Å². The lowest BCUT2D eigenvalue weighted by Gasteiger charge is -2.37. The lowest BCUT2D eigenvalue weighted by Crippen LogP contribution is -2.54. The van der Waals surface area contributed by atoms with Crippen LogP contribution in [0.5, 0.6) is 0 Å². The molecule has 0 radical (unpaired) electrons. The molecule has 1 aromatic rings. The minimum Gasteiger partial charge on any atom is -0.304 e. The molecule has 146 valence electrons. The topological polar surface area (TPSA) is 74.8 Å². The van der Waals surface area contributed by atoms with Crippen LogP contribution in [0.1, 0.15) is 25.3 Å². The van der Waals surface area contributed by atoms with Crippen LogP contribution in [-0.4, -0.2) is 82.7 Å². The minimum absolute atomic E-state index is 0.0648. The van der Waals surface area contributed by atoms with E-state index in [2.05, 4.69) is 23.6 Å². The van der Waals surface area contributed by atoms with Crippen molar-refractivity contribution in [2.75, 3.05) is 44.7 Å². The van der Waals surface area contributed by atoms with Crippen LogP contribution < -0.4 is 0 Å². The van der Waals surface area contributed by atoms with Gasteiger partial charge in [-0.2, -0.15) is 0 Å². The van der Waals surface area contributed by atoms with Crippen LogP contribution in [0.2, 0.25) is 0 Å². The van der Waals surface area contributed by atoms with Gasteiger partial charge >= 0.3 is 0 Å². The highest BCUT2D eigenvalue weighted by atomic mass is 32.2. The summed E-state index contributed by atoms with van der Waals surface area (Å²) in [6.07, 6.45) is 0. The first-order valence-electron chi connectivity index (χ1n) is 9.07. The summed E-state index contributed by atoms with van der Waals surface area (Å²) in [4.78, 5) is 4.45. The van der Waals surface area contributed by atoms with Crippen molar-refractivity contribution < 1.29 is 16.8 Å². The second kappa shape index (κ2) is 7.22. The third-order valence-electron chi connectivity index (χ3n) is 5.55. The maximum absolute atomic E-state index is 13.2. The number of hydrogen-bond acceptors (Lipinski definition) is 6. The number of likely N-dealkylation sites (N-methyl/N-ethyl adjacent to an activating group) is 1.